The van der Waals surface area contributed by atoms with Crippen LogP contribution in [0.5, 0.6) is 0 Å². The molecule has 1 atom stereocenters. The second-order valence-electron chi connectivity index (χ2n) is 3.83. The van der Waals surface area contributed by atoms with Crippen LogP contribution in [0, 0.1) is 3.57 Å². The van der Waals surface area contributed by atoms with Crippen molar-refractivity contribution >= 4 is 34.2 Å². The van der Waals surface area contributed by atoms with E-state index in [0.717, 1.165) is 9.13 Å². The number of rotatable bonds is 3. The summed E-state index contributed by atoms with van der Waals surface area (Å²) in [6, 6.07) is 5.64. The van der Waals surface area contributed by atoms with Crippen LogP contribution in [0.15, 0.2) is 22.7 Å². The average Bonchev–Trinajstić information content (AvgIpc) is 2.69. The topological polar surface area (TPSA) is 64.9 Å². The maximum atomic E-state index is 6.04. The Hall–Kier alpha value is -0.660. The molecule has 2 aromatic rings. The highest BCUT2D eigenvalue weighted by molar-refractivity contribution is 14.1. The van der Waals surface area contributed by atoms with Crippen LogP contribution in [0.4, 0.5) is 0 Å². The monoisotopic (exact) mass is 363 g/mol. The summed E-state index contributed by atoms with van der Waals surface area (Å²) in [5.74, 6) is 1.09. The summed E-state index contributed by atoms with van der Waals surface area (Å²) < 4.78 is 6.16. The predicted octanol–water partition coefficient (Wildman–Crippen LogP) is 2.88. The van der Waals surface area contributed by atoms with Crippen LogP contribution < -0.4 is 5.73 Å². The van der Waals surface area contributed by atoms with Crippen molar-refractivity contribution in [1.82, 2.24) is 10.1 Å². The lowest BCUT2D eigenvalue weighted by atomic mass is 10.2. The SMILES string of the molecule is CC(N)Cc1noc(-c2ccc(I)c(Cl)c2)n1. The summed E-state index contributed by atoms with van der Waals surface area (Å²) in [5, 5.41) is 4.55. The summed E-state index contributed by atoms with van der Waals surface area (Å²) in [4.78, 5) is 4.27. The third kappa shape index (κ3) is 3.17. The molecule has 0 aliphatic heterocycles. The maximum Gasteiger partial charge on any atom is 0.257 e. The molecule has 0 bridgehead atoms. The molecule has 1 unspecified atom stereocenters. The van der Waals surface area contributed by atoms with Crippen molar-refractivity contribution < 1.29 is 4.52 Å². The van der Waals surface area contributed by atoms with E-state index in [-0.39, 0.29) is 6.04 Å². The van der Waals surface area contributed by atoms with Gasteiger partial charge in [0.15, 0.2) is 5.82 Å². The summed E-state index contributed by atoms with van der Waals surface area (Å²) in [5.41, 5.74) is 6.49. The van der Waals surface area contributed by atoms with Crippen LogP contribution in [0.25, 0.3) is 11.5 Å². The zero-order chi connectivity index (χ0) is 12.4. The molecule has 1 aromatic carbocycles. The van der Waals surface area contributed by atoms with Crippen molar-refractivity contribution in [2.45, 2.75) is 19.4 Å². The Kier molecular flexibility index (Phi) is 4.01. The number of halogens is 2. The Morgan fingerprint density at radius 1 is 1.53 bits per heavy atom. The second kappa shape index (κ2) is 5.32. The van der Waals surface area contributed by atoms with Crippen LogP contribution in [0.1, 0.15) is 12.7 Å². The zero-order valence-corrected chi connectivity index (χ0v) is 12.1. The minimum absolute atomic E-state index is 0.0146. The Morgan fingerprint density at radius 2 is 2.29 bits per heavy atom. The lowest BCUT2D eigenvalue weighted by Crippen LogP contribution is -2.18. The van der Waals surface area contributed by atoms with Crippen LogP contribution in [0.3, 0.4) is 0 Å². The van der Waals surface area contributed by atoms with E-state index in [2.05, 4.69) is 32.7 Å². The van der Waals surface area contributed by atoms with Gasteiger partial charge in [0.25, 0.3) is 5.89 Å². The number of hydrogen-bond donors (Lipinski definition) is 1. The highest BCUT2D eigenvalue weighted by Crippen LogP contribution is 2.25. The van der Waals surface area contributed by atoms with Crippen molar-refractivity contribution in [3.05, 3.63) is 32.6 Å². The van der Waals surface area contributed by atoms with E-state index in [9.17, 15) is 0 Å². The lowest BCUT2D eigenvalue weighted by Gasteiger charge is -1.98. The fraction of sp³-hybridized carbons (Fsp3) is 0.273. The van der Waals surface area contributed by atoms with E-state index in [1.54, 1.807) is 0 Å². The Bertz CT molecular complexity index is 527. The van der Waals surface area contributed by atoms with E-state index in [0.29, 0.717) is 23.2 Å². The summed E-state index contributed by atoms with van der Waals surface area (Å²) in [6.45, 7) is 1.90. The molecular formula is C11H11ClIN3O. The van der Waals surface area contributed by atoms with Gasteiger partial charge < -0.3 is 10.3 Å². The first-order valence-corrected chi connectivity index (χ1v) is 6.55. The number of nitrogens with two attached hydrogens (primary N) is 1. The van der Waals surface area contributed by atoms with Crippen LogP contribution >= 0.6 is 34.2 Å². The molecule has 90 valence electrons. The Labute approximate surface area is 118 Å². The highest BCUT2D eigenvalue weighted by Gasteiger charge is 2.11. The molecule has 0 aliphatic rings. The van der Waals surface area contributed by atoms with E-state index >= 15 is 0 Å². The van der Waals surface area contributed by atoms with Gasteiger partial charge in [-0.1, -0.05) is 16.8 Å². The first kappa shape index (κ1) is 12.8. The molecule has 2 N–H and O–H groups in total. The molecule has 17 heavy (non-hydrogen) atoms. The van der Waals surface area contributed by atoms with Crippen LogP contribution in [-0.4, -0.2) is 16.2 Å². The molecule has 2 rings (SSSR count). The number of hydrogen-bond acceptors (Lipinski definition) is 4. The molecule has 0 aliphatic carbocycles. The van der Waals surface area contributed by atoms with E-state index in [1.807, 2.05) is 25.1 Å². The predicted molar refractivity (Wildman–Crippen MR) is 74.8 cm³/mol. The van der Waals surface area contributed by atoms with Gasteiger partial charge in [0.05, 0.1) is 5.02 Å². The Morgan fingerprint density at radius 3 is 2.94 bits per heavy atom. The first-order chi connectivity index (χ1) is 8.06. The molecule has 0 saturated carbocycles. The average molecular weight is 364 g/mol. The maximum absolute atomic E-state index is 6.04. The lowest BCUT2D eigenvalue weighted by molar-refractivity contribution is 0.420. The number of aromatic nitrogens is 2. The molecule has 6 heteroatoms. The molecule has 0 saturated heterocycles. The van der Waals surface area contributed by atoms with Gasteiger partial charge in [0, 0.05) is 21.6 Å². The van der Waals surface area contributed by atoms with Gasteiger partial charge >= 0.3 is 0 Å². The minimum atomic E-state index is 0.0146. The summed E-state index contributed by atoms with van der Waals surface area (Å²) >= 11 is 8.20. The molecule has 0 amide bonds. The van der Waals surface area contributed by atoms with E-state index in [1.165, 1.54) is 0 Å². The van der Waals surface area contributed by atoms with Gasteiger partial charge in [-0.15, -0.1) is 0 Å². The molecule has 0 spiro atoms. The molecule has 1 aromatic heterocycles. The molecule has 0 radical (unpaired) electrons. The quantitative estimate of drug-likeness (QED) is 0.852. The molecule has 4 nitrogen and oxygen atoms in total. The first-order valence-electron chi connectivity index (χ1n) is 5.10. The van der Waals surface area contributed by atoms with E-state index in [4.69, 9.17) is 21.9 Å². The largest absolute Gasteiger partial charge is 0.334 e. The number of benzene rings is 1. The van der Waals surface area contributed by atoms with E-state index < -0.39 is 0 Å². The van der Waals surface area contributed by atoms with Crippen molar-refractivity contribution in [3.63, 3.8) is 0 Å². The van der Waals surface area contributed by atoms with Gasteiger partial charge in [-0.05, 0) is 47.7 Å². The summed E-state index contributed by atoms with van der Waals surface area (Å²) in [6.07, 6.45) is 0.599. The Balaban J connectivity index is 2.27. The van der Waals surface area contributed by atoms with Gasteiger partial charge in [0.2, 0.25) is 0 Å². The van der Waals surface area contributed by atoms with Gasteiger partial charge in [0.1, 0.15) is 0 Å². The molecule has 0 fully saturated rings. The van der Waals surface area contributed by atoms with Crippen molar-refractivity contribution in [1.29, 1.82) is 0 Å². The zero-order valence-electron chi connectivity index (χ0n) is 9.15. The molecule has 1 heterocycles. The van der Waals surface area contributed by atoms with Crippen molar-refractivity contribution in [3.8, 4) is 11.5 Å². The standard InChI is InChI=1S/C11H11ClIN3O/c1-6(14)4-10-15-11(17-16-10)7-2-3-9(13)8(12)5-7/h2-3,5-6H,4,14H2,1H3. The third-order valence-electron chi connectivity index (χ3n) is 2.14. The fourth-order valence-electron chi connectivity index (χ4n) is 1.37. The van der Waals surface area contributed by atoms with Gasteiger partial charge in [-0.25, -0.2) is 0 Å². The summed E-state index contributed by atoms with van der Waals surface area (Å²) in [7, 11) is 0. The second-order valence-corrected chi connectivity index (χ2v) is 5.40. The third-order valence-corrected chi connectivity index (χ3v) is 3.71. The van der Waals surface area contributed by atoms with Gasteiger partial charge in [-0.2, -0.15) is 4.98 Å². The van der Waals surface area contributed by atoms with Crippen LogP contribution in [0.2, 0.25) is 5.02 Å². The fourth-order valence-corrected chi connectivity index (χ4v) is 1.89. The minimum Gasteiger partial charge on any atom is -0.334 e. The highest BCUT2D eigenvalue weighted by atomic mass is 127. The molecular weight excluding hydrogens is 352 g/mol. The smallest absolute Gasteiger partial charge is 0.257 e. The van der Waals surface area contributed by atoms with Crippen molar-refractivity contribution in [2.24, 2.45) is 5.73 Å². The normalized spacial score (nSPS) is 12.7. The van der Waals surface area contributed by atoms with Gasteiger partial charge in [-0.3, -0.25) is 0 Å². The van der Waals surface area contributed by atoms with Crippen LogP contribution in [-0.2, 0) is 6.42 Å². The van der Waals surface area contributed by atoms with Crippen molar-refractivity contribution in [2.75, 3.05) is 0 Å². The number of nitrogens with zero attached hydrogens (tertiary/aromatic N) is 2.